The highest BCUT2D eigenvalue weighted by atomic mass is 19.1. The minimum Gasteiger partial charge on any atom is -0.481 e. The molecule has 102 valence electrons. The zero-order valence-electron chi connectivity index (χ0n) is 10.8. The van der Waals surface area contributed by atoms with Crippen LogP contribution in [0.3, 0.4) is 0 Å². The fourth-order valence-corrected chi connectivity index (χ4v) is 2.39. The van der Waals surface area contributed by atoms with Crippen molar-refractivity contribution in [2.45, 2.75) is 31.6 Å². The van der Waals surface area contributed by atoms with Gasteiger partial charge in [-0.25, -0.2) is 9.18 Å². The summed E-state index contributed by atoms with van der Waals surface area (Å²) in [5.41, 5.74) is 0.419. The summed E-state index contributed by atoms with van der Waals surface area (Å²) in [6, 6.07) is 2.70. The molecule has 1 aliphatic rings. The summed E-state index contributed by atoms with van der Waals surface area (Å²) in [6.45, 7) is 1.62. The summed E-state index contributed by atoms with van der Waals surface area (Å²) < 4.78 is 18.7. The van der Waals surface area contributed by atoms with Gasteiger partial charge in [0, 0.05) is 5.41 Å². The molecule has 19 heavy (non-hydrogen) atoms. The van der Waals surface area contributed by atoms with E-state index in [1.807, 2.05) is 0 Å². The highest BCUT2D eigenvalue weighted by Gasteiger charge is 2.48. The second kappa shape index (κ2) is 4.64. The Morgan fingerprint density at radius 1 is 1.42 bits per heavy atom. The van der Waals surface area contributed by atoms with E-state index in [0.717, 1.165) is 0 Å². The molecule has 1 fully saturated rings. The molecule has 0 spiro atoms. The molecule has 1 N–H and O–H groups in total. The van der Waals surface area contributed by atoms with Crippen molar-refractivity contribution in [3.05, 3.63) is 34.6 Å². The summed E-state index contributed by atoms with van der Waals surface area (Å²) in [6.07, 6.45) is 1.13. The van der Waals surface area contributed by atoms with Gasteiger partial charge in [-0.15, -0.1) is 0 Å². The van der Waals surface area contributed by atoms with E-state index in [0.29, 0.717) is 24.0 Å². The summed E-state index contributed by atoms with van der Waals surface area (Å²) in [4.78, 5) is 22.5. The van der Waals surface area contributed by atoms with Crippen LogP contribution in [-0.4, -0.2) is 24.2 Å². The minimum atomic E-state index is -0.961. The number of benzene rings is 1. The van der Waals surface area contributed by atoms with Gasteiger partial charge in [-0.05, 0) is 43.0 Å². The number of hydrogen-bond donors (Lipinski definition) is 1. The van der Waals surface area contributed by atoms with Crippen molar-refractivity contribution in [3.8, 4) is 0 Å². The molecule has 4 nitrogen and oxygen atoms in total. The maximum Gasteiger partial charge on any atom is 0.338 e. The van der Waals surface area contributed by atoms with Gasteiger partial charge in [-0.1, -0.05) is 0 Å². The molecule has 1 aliphatic carbocycles. The number of aryl methyl sites for hydroxylation is 1. The Bertz CT molecular complexity index is 547. The number of methoxy groups -OCH3 is 1. The third kappa shape index (κ3) is 2.45. The molecule has 1 saturated carbocycles. The Kier molecular flexibility index (Phi) is 3.30. The van der Waals surface area contributed by atoms with Crippen LogP contribution in [-0.2, 0) is 14.9 Å². The first-order chi connectivity index (χ1) is 8.89. The number of carboxylic acid groups (broad SMARTS) is 1. The van der Waals surface area contributed by atoms with E-state index in [1.54, 1.807) is 6.92 Å². The van der Waals surface area contributed by atoms with Crippen molar-refractivity contribution < 1.29 is 23.8 Å². The number of halogens is 1. The number of carboxylic acids is 1. The highest BCUT2D eigenvalue weighted by molar-refractivity contribution is 5.91. The summed E-state index contributed by atoms with van der Waals surface area (Å²) >= 11 is 0. The molecule has 0 radical (unpaired) electrons. The molecule has 0 aromatic heterocycles. The van der Waals surface area contributed by atoms with Crippen molar-refractivity contribution in [2.75, 3.05) is 7.11 Å². The Morgan fingerprint density at radius 3 is 2.53 bits per heavy atom. The molecule has 1 aromatic carbocycles. The molecule has 0 atom stereocenters. The lowest BCUT2D eigenvalue weighted by Gasteiger charge is -2.16. The second-order valence-electron chi connectivity index (χ2n) is 4.99. The van der Waals surface area contributed by atoms with E-state index >= 15 is 0 Å². The number of esters is 1. The largest absolute Gasteiger partial charge is 0.481 e. The monoisotopic (exact) mass is 266 g/mol. The number of hydrogen-bond acceptors (Lipinski definition) is 3. The Morgan fingerprint density at radius 2 is 2.05 bits per heavy atom. The fourth-order valence-electron chi connectivity index (χ4n) is 2.39. The predicted molar refractivity (Wildman–Crippen MR) is 65.6 cm³/mol. The predicted octanol–water partition coefficient (Wildman–Crippen LogP) is 2.43. The average Bonchev–Trinajstić information content (AvgIpc) is 3.07. The molecule has 0 bridgehead atoms. The van der Waals surface area contributed by atoms with Crippen LogP contribution in [0.5, 0.6) is 0 Å². The van der Waals surface area contributed by atoms with Gasteiger partial charge >= 0.3 is 11.9 Å². The standard InChI is InChI=1S/C14H15FO4/c1-8-5-11(15)10(6-9(8)13(18)19-2)14(3-4-14)7-12(16)17/h5-6H,3-4,7H2,1-2H3,(H,16,17). The fraction of sp³-hybridized carbons (Fsp3) is 0.429. The number of rotatable bonds is 4. The average molecular weight is 266 g/mol. The highest BCUT2D eigenvalue weighted by Crippen LogP contribution is 2.52. The zero-order chi connectivity index (χ0) is 14.2. The SMILES string of the molecule is COC(=O)c1cc(C2(CC(=O)O)CC2)c(F)cc1C. The van der Waals surface area contributed by atoms with Gasteiger partial charge in [0.15, 0.2) is 0 Å². The van der Waals surface area contributed by atoms with Crippen molar-refractivity contribution in [1.29, 1.82) is 0 Å². The van der Waals surface area contributed by atoms with Gasteiger partial charge in [0.05, 0.1) is 19.1 Å². The third-order valence-corrected chi connectivity index (χ3v) is 3.63. The smallest absolute Gasteiger partial charge is 0.338 e. The number of carbonyl (C=O) groups is 2. The third-order valence-electron chi connectivity index (χ3n) is 3.63. The van der Waals surface area contributed by atoms with Gasteiger partial charge in [0.25, 0.3) is 0 Å². The lowest BCUT2D eigenvalue weighted by molar-refractivity contribution is -0.137. The van der Waals surface area contributed by atoms with Crippen LogP contribution in [0.15, 0.2) is 12.1 Å². The number of ether oxygens (including phenoxy) is 1. The zero-order valence-corrected chi connectivity index (χ0v) is 10.8. The Hall–Kier alpha value is -1.91. The topological polar surface area (TPSA) is 63.6 Å². The van der Waals surface area contributed by atoms with E-state index in [4.69, 9.17) is 5.11 Å². The minimum absolute atomic E-state index is 0.117. The number of carbonyl (C=O) groups excluding carboxylic acids is 1. The first kappa shape index (κ1) is 13.5. The molecule has 0 amide bonds. The van der Waals surface area contributed by atoms with Crippen LogP contribution >= 0.6 is 0 Å². The van der Waals surface area contributed by atoms with Crippen LogP contribution < -0.4 is 0 Å². The van der Waals surface area contributed by atoms with Crippen LogP contribution in [0.4, 0.5) is 4.39 Å². The van der Waals surface area contributed by atoms with Crippen LogP contribution in [0, 0.1) is 12.7 Å². The van der Waals surface area contributed by atoms with Gasteiger partial charge in [-0.3, -0.25) is 4.79 Å². The first-order valence-corrected chi connectivity index (χ1v) is 6.00. The van der Waals surface area contributed by atoms with Gasteiger partial charge in [0.2, 0.25) is 0 Å². The Labute approximate surface area is 110 Å². The lowest BCUT2D eigenvalue weighted by atomic mass is 9.89. The molecule has 1 aromatic rings. The first-order valence-electron chi connectivity index (χ1n) is 6.00. The van der Waals surface area contributed by atoms with Crippen molar-refractivity contribution in [3.63, 3.8) is 0 Å². The Balaban J connectivity index is 2.46. The molecule has 0 aliphatic heterocycles. The quantitative estimate of drug-likeness (QED) is 0.850. The second-order valence-corrected chi connectivity index (χ2v) is 4.99. The van der Waals surface area contributed by atoms with E-state index in [9.17, 15) is 14.0 Å². The molecular weight excluding hydrogens is 251 g/mol. The van der Waals surface area contributed by atoms with Crippen molar-refractivity contribution >= 4 is 11.9 Å². The molecule has 0 heterocycles. The summed E-state index contributed by atoms with van der Waals surface area (Å²) in [7, 11) is 1.26. The normalized spacial score (nSPS) is 15.9. The van der Waals surface area contributed by atoms with E-state index < -0.39 is 23.2 Å². The molecular formula is C14H15FO4. The number of aliphatic carboxylic acids is 1. The summed E-state index contributed by atoms with van der Waals surface area (Å²) in [5.74, 6) is -1.95. The maximum atomic E-state index is 14.0. The van der Waals surface area contributed by atoms with Gasteiger partial charge in [-0.2, -0.15) is 0 Å². The van der Waals surface area contributed by atoms with Gasteiger partial charge in [0.1, 0.15) is 5.82 Å². The molecule has 0 saturated heterocycles. The maximum absolute atomic E-state index is 14.0. The van der Waals surface area contributed by atoms with E-state index in [-0.39, 0.29) is 12.0 Å². The van der Waals surface area contributed by atoms with Crippen LogP contribution in [0.1, 0.15) is 40.7 Å². The van der Waals surface area contributed by atoms with Gasteiger partial charge < -0.3 is 9.84 Å². The van der Waals surface area contributed by atoms with E-state index in [1.165, 1.54) is 19.2 Å². The lowest BCUT2D eigenvalue weighted by Crippen LogP contribution is -2.16. The van der Waals surface area contributed by atoms with Crippen molar-refractivity contribution in [2.24, 2.45) is 0 Å². The van der Waals surface area contributed by atoms with Crippen LogP contribution in [0.2, 0.25) is 0 Å². The van der Waals surface area contributed by atoms with E-state index in [2.05, 4.69) is 4.74 Å². The van der Waals surface area contributed by atoms with Crippen molar-refractivity contribution in [1.82, 2.24) is 0 Å². The molecule has 0 unspecified atom stereocenters. The van der Waals surface area contributed by atoms with Crippen LogP contribution in [0.25, 0.3) is 0 Å². The molecule has 5 heteroatoms. The molecule has 2 rings (SSSR count). The summed E-state index contributed by atoms with van der Waals surface area (Å²) in [5, 5.41) is 8.91.